The van der Waals surface area contributed by atoms with Gasteiger partial charge in [0.25, 0.3) is 0 Å². The van der Waals surface area contributed by atoms with Gasteiger partial charge >= 0.3 is 0 Å². The Labute approximate surface area is 165 Å². The Hall–Kier alpha value is -3.33. The van der Waals surface area contributed by atoms with Crippen molar-refractivity contribution in [2.24, 2.45) is 5.41 Å². The Balaban J connectivity index is 1.52. The van der Waals surface area contributed by atoms with E-state index in [-0.39, 0.29) is 11.9 Å². The van der Waals surface area contributed by atoms with Crippen LogP contribution in [-0.2, 0) is 4.79 Å². The summed E-state index contributed by atoms with van der Waals surface area (Å²) < 4.78 is 0. The van der Waals surface area contributed by atoms with Crippen molar-refractivity contribution >= 4 is 11.6 Å². The van der Waals surface area contributed by atoms with E-state index < -0.39 is 5.41 Å². The van der Waals surface area contributed by atoms with Crippen LogP contribution in [0.2, 0.25) is 0 Å². The lowest BCUT2D eigenvalue weighted by Gasteiger charge is -2.56. The Morgan fingerprint density at radius 3 is 2.11 bits per heavy atom. The van der Waals surface area contributed by atoms with Gasteiger partial charge in [-0.15, -0.1) is 0 Å². The molecule has 1 N–H and O–H groups in total. The number of nitrogens with zero attached hydrogens (tertiary/aromatic N) is 1. The lowest BCUT2D eigenvalue weighted by Crippen LogP contribution is -2.64. The summed E-state index contributed by atoms with van der Waals surface area (Å²) in [5, 5.41) is 3.23. The summed E-state index contributed by atoms with van der Waals surface area (Å²) in [6.45, 7) is 0.826. The largest absolute Gasteiger partial charge is 0.391 e. The molecule has 5 rings (SSSR count). The van der Waals surface area contributed by atoms with Crippen LogP contribution in [0.1, 0.15) is 18.0 Å². The highest BCUT2D eigenvalue weighted by atomic mass is 16.2. The standard InChI is InChI=1S/C25H22N2O/c28-24-25(15-17-26-18-16-25)23(21-9-5-2-6-10-21)27(24)22-13-11-20(12-14-22)19-7-3-1-4-8-19/h1-15,17,23,26H,16,18H2. The van der Waals surface area contributed by atoms with Crippen LogP contribution >= 0.6 is 0 Å². The van der Waals surface area contributed by atoms with Gasteiger partial charge in [-0.05, 0) is 41.4 Å². The number of hydrogen-bond acceptors (Lipinski definition) is 2. The quantitative estimate of drug-likeness (QED) is 0.666. The molecule has 1 fully saturated rings. The zero-order valence-electron chi connectivity index (χ0n) is 15.6. The van der Waals surface area contributed by atoms with Gasteiger partial charge in [0, 0.05) is 12.2 Å². The molecule has 1 saturated heterocycles. The predicted molar refractivity (Wildman–Crippen MR) is 113 cm³/mol. The third-order valence-corrected chi connectivity index (χ3v) is 5.91. The smallest absolute Gasteiger partial charge is 0.240 e. The first kappa shape index (κ1) is 16.8. The van der Waals surface area contributed by atoms with Gasteiger partial charge in [-0.2, -0.15) is 0 Å². The molecule has 28 heavy (non-hydrogen) atoms. The van der Waals surface area contributed by atoms with E-state index in [0.29, 0.717) is 0 Å². The molecule has 0 aromatic heterocycles. The molecular weight excluding hydrogens is 344 g/mol. The first-order valence-corrected chi connectivity index (χ1v) is 9.75. The summed E-state index contributed by atoms with van der Waals surface area (Å²) in [6, 6.07) is 29.0. The number of nitrogens with one attached hydrogen (secondary N) is 1. The Morgan fingerprint density at radius 2 is 1.46 bits per heavy atom. The molecule has 2 atom stereocenters. The summed E-state index contributed by atoms with van der Waals surface area (Å²) in [5.41, 5.74) is 4.04. The molecule has 0 aliphatic carbocycles. The number of β-lactam (4-membered cyclic amide) rings is 1. The fourth-order valence-corrected chi connectivity index (χ4v) is 4.48. The normalized spacial score (nSPS) is 23.4. The molecular formula is C25H22N2O. The van der Waals surface area contributed by atoms with Gasteiger partial charge in [0.1, 0.15) is 0 Å². The van der Waals surface area contributed by atoms with Crippen LogP contribution in [0.5, 0.6) is 0 Å². The van der Waals surface area contributed by atoms with E-state index in [1.54, 1.807) is 0 Å². The summed E-state index contributed by atoms with van der Waals surface area (Å²) in [6.07, 6.45) is 4.82. The first-order valence-electron chi connectivity index (χ1n) is 9.75. The van der Waals surface area contributed by atoms with Gasteiger partial charge in [0.15, 0.2) is 0 Å². The minimum Gasteiger partial charge on any atom is -0.391 e. The molecule has 2 aliphatic rings. The average molecular weight is 366 g/mol. The lowest BCUT2D eigenvalue weighted by molar-refractivity contribution is -0.136. The molecule has 1 spiro atoms. The van der Waals surface area contributed by atoms with Gasteiger partial charge in [0.05, 0.1) is 11.5 Å². The fraction of sp³-hybridized carbons (Fsp3) is 0.160. The monoisotopic (exact) mass is 366 g/mol. The van der Waals surface area contributed by atoms with E-state index in [1.807, 2.05) is 47.5 Å². The van der Waals surface area contributed by atoms with Gasteiger partial charge in [-0.1, -0.05) is 78.9 Å². The Bertz CT molecular complexity index is 1010. The van der Waals surface area contributed by atoms with Crippen LogP contribution in [0.15, 0.2) is 97.2 Å². The fourth-order valence-electron chi connectivity index (χ4n) is 4.48. The highest BCUT2D eigenvalue weighted by Gasteiger charge is 2.60. The molecule has 0 bridgehead atoms. The number of benzene rings is 3. The summed E-state index contributed by atoms with van der Waals surface area (Å²) in [5.74, 6) is 0.187. The maximum absolute atomic E-state index is 13.3. The number of rotatable bonds is 3. The highest BCUT2D eigenvalue weighted by Crippen LogP contribution is 2.55. The Morgan fingerprint density at radius 1 is 0.821 bits per heavy atom. The SMILES string of the molecule is O=C1N(c2ccc(-c3ccccc3)cc2)C(c2ccccc2)C12C=CNCC2. The minimum absolute atomic E-state index is 0.0297. The third kappa shape index (κ3) is 2.55. The maximum atomic E-state index is 13.3. The maximum Gasteiger partial charge on any atom is 0.240 e. The van der Waals surface area contributed by atoms with Crippen LogP contribution < -0.4 is 10.2 Å². The summed E-state index contributed by atoms with van der Waals surface area (Å²) in [4.78, 5) is 15.3. The third-order valence-electron chi connectivity index (χ3n) is 5.91. The first-order chi connectivity index (χ1) is 13.8. The molecule has 2 aliphatic heterocycles. The number of hydrogen-bond donors (Lipinski definition) is 1. The average Bonchev–Trinajstić information content (AvgIpc) is 2.79. The van der Waals surface area contributed by atoms with E-state index in [4.69, 9.17) is 0 Å². The van der Waals surface area contributed by atoms with Crippen molar-refractivity contribution in [2.45, 2.75) is 12.5 Å². The van der Waals surface area contributed by atoms with E-state index in [9.17, 15) is 4.79 Å². The van der Waals surface area contributed by atoms with Crippen molar-refractivity contribution in [2.75, 3.05) is 11.4 Å². The molecule has 3 aromatic rings. The molecule has 2 unspecified atom stereocenters. The van der Waals surface area contributed by atoms with Crippen molar-refractivity contribution < 1.29 is 4.79 Å². The second-order valence-electron chi connectivity index (χ2n) is 7.48. The van der Waals surface area contributed by atoms with Crippen molar-refractivity contribution in [1.82, 2.24) is 5.32 Å². The molecule has 138 valence electrons. The summed E-state index contributed by atoms with van der Waals surface area (Å²) in [7, 11) is 0. The van der Waals surface area contributed by atoms with Gasteiger partial charge in [0.2, 0.25) is 5.91 Å². The van der Waals surface area contributed by atoms with Gasteiger partial charge in [-0.3, -0.25) is 4.79 Å². The van der Waals surface area contributed by atoms with Crippen LogP contribution in [0.3, 0.4) is 0 Å². The Kier molecular flexibility index (Phi) is 4.01. The van der Waals surface area contributed by atoms with Crippen LogP contribution in [0, 0.1) is 5.41 Å². The molecule has 0 saturated carbocycles. The number of carbonyl (C=O) groups excluding carboxylic acids is 1. The van der Waals surface area contributed by atoms with E-state index >= 15 is 0 Å². The molecule has 2 heterocycles. The zero-order valence-corrected chi connectivity index (χ0v) is 15.6. The predicted octanol–water partition coefficient (Wildman–Crippen LogP) is 4.93. The van der Waals surface area contributed by atoms with Crippen LogP contribution in [-0.4, -0.2) is 12.5 Å². The van der Waals surface area contributed by atoms with E-state index in [2.05, 4.69) is 59.9 Å². The second kappa shape index (κ2) is 6.68. The van der Waals surface area contributed by atoms with Crippen LogP contribution in [0.4, 0.5) is 5.69 Å². The molecule has 3 nitrogen and oxygen atoms in total. The number of carbonyl (C=O) groups is 1. The van der Waals surface area contributed by atoms with E-state index in [0.717, 1.165) is 24.2 Å². The van der Waals surface area contributed by atoms with Gasteiger partial charge < -0.3 is 10.2 Å². The molecule has 3 aromatic carbocycles. The topological polar surface area (TPSA) is 32.3 Å². The van der Waals surface area contributed by atoms with Crippen LogP contribution in [0.25, 0.3) is 11.1 Å². The minimum atomic E-state index is -0.440. The zero-order chi connectivity index (χ0) is 19.0. The summed E-state index contributed by atoms with van der Waals surface area (Å²) >= 11 is 0. The van der Waals surface area contributed by atoms with Gasteiger partial charge in [-0.25, -0.2) is 0 Å². The van der Waals surface area contributed by atoms with Crippen molar-refractivity contribution in [3.8, 4) is 11.1 Å². The lowest BCUT2D eigenvalue weighted by atomic mass is 9.64. The molecule has 0 radical (unpaired) electrons. The van der Waals surface area contributed by atoms with Crippen molar-refractivity contribution in [3.63, 3.8) is 0 Å². The number of anilines is 1. The highest BCUT2D eigenvalue weighted by molar-refractivity contribution is 6.07. The number of amides is 1. The van der Waals surface area contributed by atoms with E-state index in [1.165, 1.54) is 11.1 Å². The van der Waals surface area contributed by atoms with Crippen molar-refractivity contribution in [1.29, 1.82) is 0 Å². The second-order valence-corrected chi connectivity index (χ2v) is 7.48. The molecule has 1 amide bonds. The molecule has 3 heteroatoms. The van der Waals surface area contributed by atoms with Crippen molar-refractivity contribution in [3.05, 3.63) is 103 Å².